The van der Waals surface area contributed by atoms with Crippen molar-refractivity contribution < 1.29 is 0 Å². The first kappa shape index (κ1) is 12.9. The van der Waals surface area contributed by atoms with E-state index in [1.54, 1.807) is 0 Å². The van der Waals surface area contributed by atoms with Crippen molar-refractivity contribution in [3.8, 4) is 11.3 Å². The lowest BCUT2D eigenvalue weighted by Crippen LogP contribution is -2.04. The number of rotatable bonds is 5. The van der Waals surface area contributed by atoms with Crippen molar-refractivity contribution >= 4 is 0 Å². The van der Waals surface area contributed by atoms with Gasteiger partial charge in [-0.05, 0) is 25.3 Å². The standard InChI is InChI=1S/C15H19N5/c1-2-3-6-9-19-12-15(17-18-19)13-10-16-20(11-13)14-7-4-5-8-14/h3,10-12,14H,1,4-9H2. The Morgan fingerprint density at radius 1 is 1.35 bits per heavy atom. The summed E-state index contributed by atoms with van der Waals surface area (Å²) >= 11 is 0. The first-order valence-corrected chi connectivity index (χ1v) is 7.16. The Morgan fingerprint density at radius 3 is 3.00 bits per heavy atom. The van der Waals surface area contributed by atoms with Gasteiger partial charge in [-0.3, -0.25) is 9.36 Å². The zero-order chi connectivity index (χ0) is 13.8. The van der Waals surface area contributed by atoms with Crippen LogP contribution in [0.25, 0.3) is 11.3 Å². The van der Waals surface area contributed by atoms with Gasteiger partial charge in [0.25, 0.3) is 0 Å². The molecule has 1 saturated carbocycles. The molecule has 0 aromatic carbocycles. The van der Waals surface area contributed by atoms with Crippen LogP contribution in [0.1, 0.15) is 38.1 Å². The van der Waals surface area contributed by atoms with Crippen LogP contribution in [0.15, 0.2) is 37.0 Å². The van der Waals surface area contributed by atoms with E-state index in [4.69, 9.17) is 0 Å². The van der Waals surface area contributed by atoms with Crippen LogP contribution in [0.3, 0.4) is 0 Å². The third-order valence-electron chi connectivity index (χ3n) is 3.78. The number of allylic oxidation sites excluding steroid dienone is 1. The van der Waals surface area contributed by atoms with E-state index < -0.39 is 0 Å². The smallest absolute Gasteiger partial charge is 0.116 e. The molecule has 0 atom stereocenters. The van der Waals surface area contributed by atoms with Gasteiger partial charge >= 0.3 is 0 Å². The van der Waals surface area contributed by atoms with Crippen LogP contribution < -0.4 is 0 Å². The van der Waals surface area contributed by atoms with Crippen LogP contribution in [0.2, 0.25) is 0 Å². The summed E-state index contributed by atoms with van der Waals surface area (Å²) < 4.78 is 3.93. The summed E-state index contributed by atoms with van der Waals surface area (Å²) in [5, 5.41) is 12.8. The molecule has 20 heavy (non-hydrogen) atoms. The largest absolute Gasteiger partial charge is 0.269 e. The highest BCUT2D eigenvalue weighted by Crippen LogP contribution is 2.29. The van der Waals surface area contributed by atoms with Gasteiger partial charge in [-0.1, -0.05) is 24.6 Å². The predicted molar refractivity (Wildman–Crippen MR) is 77.1 cm³/mol. The predicted octanol–water partition coefficient (Wildman–Crippen LogP) is 2.99. The van der Waals surface area contributed by atoms with Crippen molar-refractivity contribution in [3.63, 3.8) is 0 Å². The molecule has 2 aromatic heterocycles. The second kappa shape index (κ2) is 5.88. The van der Waals surface area contributed by atoms with Crippen molar-refractivity contribution in [1.82, 2.24) is 24.8 Å². The van der Waals surface area contributed by atoms with Gasteiger partial charge in [0.05, 0.1) is 18.4 Å². The maximum absolute atomic E-state index is 4.47. The summed E-state index contributed by atoms with van der Waals surface area (Å²) in [6.45, 7) is 4.35. The number of aryl methyl sites for hydroxylation is 1. The molecule has 0 unspecified atom stereocenters. The van der Waals surface area contributed by atoms with Crippen molar-refractivity contribution in [1.29, 1.82) is 0 Å². The molecule has 1 aliphatic carbocycles. The first-order valence-electron chi connectivity index (χ1n) is 7.16. The lowest BCUT2D eigenvalue weighted by Gasteiger charge is -2.08. The molecular formula is C15H19N5. The maximum atomic E-state index is 4.47. The average Bonchev–Trinajstić information content (AvgIpc) is 3.19. The lowest BCUT2D eigenvalue weighted by molar-refractivity contribution is 0.467. The molecule has 0 bridgehead atoms. The molecule has 0 spiro atoms. The fraction of sp³-hybridized carbons (Fsp3) is 0.467. The molecule has 2 heterocycles. The first-order chi connectivity index (χ1) is 9.86. The second-order valence-corrected chi connectivity index (χ2v) is 5.21. The van der Waals surface area contributed by atoms with E-state index in [0.29, 0.717) is 6.04 Å². The van der Waals surface area contributed by atoms with Crippen molar-refractivity contribution in [3.05, 3.63) is 37.0 Å². The van der Waals surface area contributed by atoms with Crippen LogP contribution >= 0.6 is 0 Å². The van der Waals surface area contributed by atoms with Gasteiger partial charge in [0.15, 0.2) is 0 Å². The molecule has 1 aliphatic rings. The summed E-state index contributed by atoms with van der Waals surface area (Å²) in [5.74, 6) is 0. The molecule has 2 aromatic rings. The van der Waals surface area contributed by atoms with Gasteiger partial charge in [-0.2, -0.15) is 5.10 Å². The quantitative estimate of drug-likeness (QED) is 0.784. The molecule has 3 rings (SSSR count). The molecule has 5 heteroatoms. The molecule has 0 aliphatic heterocycles. The Hall–Kier alpha value is -2.13. The molecule has 0 amide bonds. The monoisotopic (exact) mass is 269 g/mol. The molecule has 0 radical (unpaired) electrons. The minimum Gasteiger partial charge on any atom is -0.269 e. The Kier molecular flexibility index (Phi) is 3.79. The van der Waals surface area contributed by atoms with Gasteiger partial charge < -0.3 is 0 Å². The van der Waals surface area contributed by atoms with Gasteiger partial charge in [-0.15, -0.1) is 10.8 Å². The fourth-order valence-electron chi connectivity index (χ4n) is 2.68. The summed E-state index contributed by atoms with van der Waals surface area (Å²) in [6.07, 6.45) is 13.8. The maximum Gasteiger partial charge on any atom is 0.116 e. The van der Waals surface area contributed by atoms with Crippen LogP contribution in [0.4, 0.5) is 0 Å². The molecule has 1 fully saturated rings. The van der Waals surface area contributed by atoms with Gasteiger partial charge in [0.2, 0.25) is 0 Å². The normalized spacial score (nSPS) is 15.4. The highest BCUT2D eigenvalue weighted by molar-refractivity contribution is 5.55. The van der Waals surface area contributed by atoms with Crippen LogP contribution in [0, 0.1) is 0 Å². The van der Waals surface area contributed by atoms with Crippen LogP contribution in [-0.4, -0.2) is 24.8 Å². The van der Waals surface area contributed by atoms with Gasteiger partial charge in [-0.25, -0.2) is 0 Å². The zero-order valence-electron chi connectivity index (χ0n) is 11.6. The van der Waals surface area contributed by atoms with E-state index in [9.17, 15) is 0 Å². The van der Waals surface area contributed by atoms with Crippen molar-refractivity contribution in [2.45, 2.75) is 44.7 Å². The van der Waals surface area contributed by atoms with Crippen LogP contribution in [0.5, 0.6) is 0 Å². The van der Waals surface area contributed by atoms with E-state index >= 15 is 0 Å². The summed E-state index contributed by atoms with van der Waals surface area (Å²) in [5.41, 5.74) is 4.69. The molecular weight excluding hydrogens is 250 g/mol. The summed E-state index contributed by atoms with van der Waals surface area (Å²) in [6, 6.07) is 0.566. The Labute approximate surface area is 118 Å². The SMILES string of the molecule is C=C=CCCn1cc(-c2cnn(C3CCCC3)c2)nn1. The number of hydrogen-bond acceptors (Lipinski definition) is 3. The Bertz CT molecular complexity index is 612. The van der Waals surface area contributed by atoms with Crippen molar-refractivity contribution in [2.75, 3.05) is 0 Å². The summed E-state index contributed by atoms with van der Waals surface area (Å²) in [7, 11) is 0. The molecule has 0 saturated heterocycles. The highest BCUT2D eigenvalue weighted by atomic mass is 15.4. The van der Waals surface area contributed by atoms with Crippen molar-refractivity contribution in [2.24, 2.45) is 0 Å². The van der Waals surface area contributed by atoms with Gasteiger partial charge in [0.1, 0.15) is 5.69 Å². The fourth-order valence-corrected chi connectivity index (χ4v) is 2.68. The average molecular weight is 269 g/mol. The van der Waals surface area contributed by atoms with Crippen LogP contribution in [-0.2, 0) is 6.54 Å². The van der Waals surface area contributed by atoms with E-state index in [1.165, 1.54) is 25.7 Å². The van der Waals surface area contributed by atoms with Gasteiger partial charge in [0, 0.05) is 18.3 Å². The lowest BCUT2D eigenvalue weighted by atomic mass is 10.2. The highest BCUT2D eigenvalue weighted by Gasteiger charge is 2.18. The van der Waals surface area contributed by atoms with E-state index in [2.05, 4.69) is 38.6 Å². The Morgan fingerprint density at radius 2 is 2.20 bits per heavy atom. The third kappa shape index (κ3) is 2.73. The molecule has 0 N–H and O–H groups in total. The zero-order valence-corrected chi connectivity index (χ0v) is 11.6. The summed E-state index contributed by atoms with van der Waals surface area (Å²) in [4.78, 5) is 0. The minimum atomic E-state index is 0.566. The van der Waals surface area contributed by atoms with E-state index in [-0.39, 0.29) is 0 Å². The Balaban J connectivity index is 1.71. The second-order valence-electron chi connectivity index (χ2n) is 5.21. The van der Waals surface area contributed by atoms with E-state index in [1.807, 2.05) is 23.2 Å². The number of hydrogen-bond donors (Lipinski definition) is 0. The number of aromatic nitrogens is 5. The molecule has 5 nitrogen and oxygen atoms in total. The third-order valence-corrected chi connectivity index (χ3v) is 3.78. The molecule has 104 valence electrons. The minimum absolute atomic E-state index is 0.566. The number of nitrogens with zero attached hydrogens (tertiary/aromatic N) is 5. The van der Waals surface area contributed by atoms with E-state index in [0.717, 1.165) is 24.2 Å². The topological polar surface area (TPSA) is 48.5 Å².